The van der Waals surface area contributed by atoms with E-state index in [0.717, 1.165) is 49.4 Å². The maximum atomic E-state index is 13.3. The average Bonchev–Trinajstić information content (AvgIpc) is 3.09. The minimum Gasteiger partial charge on any atom is -0.490 e. The summed E-state index contributed by atoms with van der Waals surface area (Å²) in [6.45, 7) is 5.94. The molecule has 2 aromatic carbocycles. The van der Waals surface area contributed by atoms with Gasteiger partial charge in [-0.05, 0) is 98.2 Å². The molecule has 4 aliphatic rings. The van der Waals surface area contributed by atoms with Gasteiger partial charge in [0.1, 0.15) is 5.75 Å². The largest absolute Gasteiger partial charge is 0.490 e. The second-order valence-electron chi connectivity index (χ2n) is 13.0. The smallest absolute Gasteiger partial charge is 0.264 e. The third kappa shape index (κ3) is 5.39. The zero-order valence-electron chi connectivity index (χ0n) is 24.6. The lowest BCUT2D eigenvalue weighted by atomic mass is 9.69. The van der Waals surface area contributed by atoms with Crippen LogP contribution in [-0.4, -0.2) is 63.7 Å². The van der Waals surface area contributed by atoms with Crippen LogP contribution in [0.5, 0.6) is 5.75 Å². The number of halogens is 1. The topological polar surface area (TPSA) is 96.0 Å². The zero-order valence-corrected chi connectivity index (χ0v) is 26.1. The van der Waals surface area contributed by atoms with Gasteiger partial charge >= 0.3 is 0 Å². The Morgan fingerprint density at radius 1 is 1.05 bits per heavy atom. The molecule has 2 aliphatic carbocycles. The molecule has 1 saturated carbocycles. The molecule has 2 amide bonds. The van der Waals surface area contributed by atoms with E-state index >= 15 is 0 Å². The van der Waals surface area contributed by atoms with E-state index in [0.29, 0.717) is 37.3 Å². The van der Waals surface area contributed by atoms with Crippen LogP contribution in [0.4, 0.5) is 5.69 Å². The second-order valence-corrected chi connectivity index (χ2v) is 15.5. The Bertz CT molecular complexity index is 1510. The molecule has 2 bridgehead atoms. The average molecular weight is 614 g/mol. The second kappa shape index (κ2) is 11.1. The van der Waals surface area contributed by atoms with E-state index in [-0.39, 0.29) is 23.3 Å². The molecule has 1 fully saturated rings. The number of carbonyl (C=O) groups is 2. The Balaban J connectivity index is 1.42. The Hall–Kier alpha value is -2.78. The molecular formula is C32H40ClN3O5S. The monoisotopic (exact) mass is 613 g/mol. The van der Waals surface area contributed by atoms with Gasteiger partial charge in [0.25, 0.3) is 5.91 Å². The van der Waals surface area contributed by atoms with E-state index in [1.165, 1.54) is 11.1 Å². The molecule has 1 spiro atoms. The summed E-state index contributed by atoms with van der Waals surface area (Å²) in [7, 11) is -2.20. The molecule has 0 saturated heterocycles. The Kier molecular flexibility index (Phi) is 7.71. The van der Waals surface area contributed by atoms with Gasteiger partial charge in [-0.25, -0.2) is 13.1 Å². The van der Waals surface area contributed by atoms with E-state index in [1.54, 1.807) is 36.9 Å². The molecule has 5 atom stereocenters. The van der Waals surface area contributed by atoms with Crippen molar-refractivity contribution in [3.05, 3.63) is 58.1 Å². The van der Waals surface area contributed by atoms with Crippen molar-refractivity contribution in [1.29, 1.82) is 0 Å². The molecular weight excluding hydrogens is 574 g/mol. The number of hydrogen-bond acceptors (Lipinski definition) is 6. The lowest BCUT2D eigenvalue weighted by molar-refractivity contribution is -0.132. The number of nitrogens with one attached hydrogen (secondary N) is 1. The molecule has 2 aromatic rings. The van der Waals surface area contributed by atoms with Crippen LogP contribution in [0.15, 0.2) is 36.4 Å². The highest BCUT2D eigenvalue weighted by Crippen LogP contribution is 2.46. The summed E-state index contributed by atoms with van der Waals surface area (Å²) < 4.78 is 35.2. The van der Waals surface area contributed by atoms with Crippen molar-refractivity contribution in [1.82, 2.24) is 9.62 Å². The van der Waals surface area contributed by atoms with Gasteiger partial charge in [-0.3, -0.25) is 9.59 Å². The number of anilines is 1. The summed E-state index contributed by atoms with van der Waals surface area (Å²) in [6, 6.07) is 11.4. The summed E-state index contributed by atoms with van der Waals surface area (Å²) in [5.41, 5.74) is 3.35. The maximum Gasteiger partial charge on any atom is 0.264 e. The lowest BCUT2D eigenvalue weighted by Crippen LogP contribution is -2.50. The fraction of sp³-hybridized carbons (Fsp3) is 0.562. The lowest BCUT2D eigenvalue weighted by Gasteiger charge is -2.45. The quantitative estimate of drug-likeness (QED) is 0.459. The predicted molar refractivity (Wildman–Crippen MR) is 164 cm³/mol. The summed E-state index contributed by atoms with van der Waals surface area (Å²) >= 11 is 6.39. The van der Waals surface area contributed by atoms with Crippen LogP contribution in [0, 0.1) is 17.8 Å². The van der Waals surface area contributed by atoms with Gasteiger partial charge in [0, 0.05) is 49.1 Å². The van der Waals surface area contributed by atoms with Crippen LogP contribution in [0.3, 0.4) is 0 Å². The summed E-state index contributed by atoms with van der Waals surface area (Å²) in [4.78, 5) is 30.6. The van der Waals surface area contributed by atoms with Gasteiger partial charge in [0.2, 0.25) is 15.9 Å². The van der Waals surface area contributed by atoms with Crippen molar-refractivity contribution in [3.8, 4) is 5.75 Å². The first-order valence-corrected chi connectivity index (χ1v) is 17.0. The van der Waals surface area contributed by atoms with E-state index in [9.17, 15) is 18.0 Å². The first kappa shape index (κ1) is 29.3. The molecule has 226 valence electrons. The number of rotatable bonds is 0. The zero-order chi connectivity index (χ0) is 29.8. The van der Waals surface area contributed by atoms with Crippen molar-refractivity contribution in [2.75, 3.05) is 38.2 Å². The van der Waals surface area contributed by atoms with Gasteiger partial charge in [-0.15, -0.1) is 0 Å². The number of amides is 2. The number of carbonyl (C=O) groups excluding carboxylic acids is 2. The molecule has 8 nitrogen and oxygen atoms in total. The molecule has 0 aromatic heterocycles. The van der Waals surface area contributed by atoms with Gasteiger partial charge in [0.15, 0.2) is 0 Å². The Morgan fingerprint density at radius 2 is 1.81 bits per heavy atom. The summed E-state index contributed by atoms with van der Waals surface area (Å²) in [6.07, 6.45) is 5.21. The molecule has 10 heteroatoms. The van der Waals surface area contributed by atoms with Crippen LogP contribution in [0.1, 0.15) is 67.4 Å². The maximum absolute atomic E-state index is 13.3. The molecule has 2 aliphatic heterocycles. The van der Waals surface area contributed by atoms with Crippen molar-refractivity contribution < 1.29 is 22.7 Å². The standard InChI is InChI=1S/C32H40ClN3O5S/c1-20-13-30(37)35(3)16-24-6-7-25(24)17-36-18-32(12-4-5-22-14-26(33)9-10-27(22)32)19-41-29-11-8-23(15-28(29)36)31(38)34-42(39,40)21(20)2/h8-11,14-15,20-21,24-25H,4-7,12-13,16-19H2,1-3H3,(H,34,38)/t20-,21-,24-,25-,32-/m0/s1. The summed E-state index contributed by atoms with van der Waals surface area (Å²) in [5.74, 6) is 0.245. The Morgan fingerprint density at radius 3 is 2.57 bits per heavy atom. The third-order valence-corrected chi connectivity index (χ3v) is 12.4. The first-order chi connectivity index (χ1) is 20.0. The van der Waals surface area contributed by atoms with Crippen molar-refractivity contribution in [3.63, 3.8) is 0 Å². The van der Waals surface area contributed by atoms with Gasteiger partial charge < -0.3 is 14.5 Å². The van der Waals surface area contributed by atoms with E-state index in [4.69, 9.17) is 16.3 Å². The minimum absolute atomic E-state index is 0.0688. The van der Waals surface area contributed by atoms with E-state index in [2.05, 4.69) is 21.8 Å². The number of benzene rings is 2. The van der Waals surface area contributed by atoms with Crippen LogP contribution in [0.25, 0.3) is 0 Å². The number of ether oxygens (including phenoxy) is 1. The fourth-order valence-electron chi connectivity index (χ4n) is 7.29. The highest BCUT2D eigenvalue weighted by molar-refractivity contribution is 7.90. The van der Waals surface area contributed by atoms with E-state index in [1.807, 2.05) is 13.1 Å². The van der Waals surface area contributed by atoms with Gasteiger partial charge in [0.05, 0.1) is 17.5 Å². The number of aryl methyl sites for hydroxylation is 1. The van der Waals surface area contributed by atoms with Crippen LogP contribution in [0.2, 0.25) is 5.02 Å². The van der Waals surface area contributed by atoms with Crippen molar-refractivity contribution >= 4 is 39.1 Å². The van der Waals surface area contributed by atoms with E-state index < -0.39 is 27.1 Å². The van der Waals surface area contributed by atoms with Crippen molar-refractivity contribution in [2.24, 2.45) is 17.8 Å². The molecule has 0 radical (unpaired) electrons. The molecule has 0 unspecified atom stereocenters. The Labute approximate surface area is 253 Å². The van der Waals surface area contributed by atoms with Crippen LogP contribution in [-0.2, 0) is 26.7 Å². The molecule has 2 heterocycles. The van der Waals surface area contributed by atoms with Crippen LogP contribution >= 0.6 is 11.6 Å². The normalized spacial score (nSPS) is 31.2. The third-order valence-electron chi connectivity index (χ3n) is 10.3. The highest BCUT2D eigenvalue weighted by Gasteiger charge is 2.44. The molecule has 1 N–H and O–H groups in total. The number of hydrogen-bond donors (Lipinski definition) is 1. The minimum atomic E-state index is -4.01. The molecule has 6 rings (SSSR count). The molecule has 42 heavy (non-hydrogen) atoms. The van der Waals surface area contributed by atoms with Crippen LogP contribution < -0.4 is 14.4 Å². The SMILES string of the molecule is C[C@H]1CC(=O)N(C)C[C@@H]2CC[C@H]2CN2C[C@@]3(CCCc4cc(Cl)ccc43)COc3ccc(cc32)C(=O)NS(=O)(=O)[C@H]1C. The highest BCUT2D eigenvalue weighted by atomic mass is 35.5. The fourth-order valence-corrected chi connectivity index (χ4v) is 8.76. The number of nitrogens with zero attached hydrogens (tertiary/aromatic N) is 2. The van der Waals surface area contributed by atoms with Crippen molar-refractivity contribution in [2.45, 2.75) is 63.0 Å². The first-order valence-electron chi connectivity index (χ1n) is 15.1. The number of fused-ring (bicyclic) bond motifs is 4. The number of sulfonamides is 1. The van der Waals surface area contributed by atoms with Gasteiger partial charge in [-0.1, -0.05) is 24.6 Å². The predicted octanol–water partition coefficient (Wildman–Crippen LogP) is 4.79. The van der Waals surface area contributed by atoms with Gasteiger partial charge in [-0.2, -0.15) is 0 Å². The summed E-state index contributed by atoms with van der Waals surface area (Å²) in [5, 5.41) is -0.178.